The monoisotopic (exact) mass is 439 g/mol. The quantitative estimate of drug-likeness (QED) is 0.385. The molecular formula is C26H25N5O2. The van der Waals surface area contributed by atoms with Crippen molar-refractivity contribution in [2.45, 2.75) is 6.54 Å². The molecule has 0 unspecified atom stereocenters. The summed E-state index contributed by atoms with van der Waals surface area (Å²) < 4.78 is 0. The SMILES string of the molecule is O=C1NCCN1CCNCc1ccc(-c2nc3cc[nH]c(=O)c3cc2-c2ccccc2)cc1. The van der Waals surface area contributed by atoms with Gasteiger partial charge in [-0.25, -0.2) is 9.78 Å². The highest BCUT2D eigenvalue weighted by molar-refractivity contribution is 5.91. The zero-order valence-electron chi connectivity index (χ0n) is 18.2. The average Bonchev–Trinajstić information content (AvgIpc) is 3.27. The number of pyridine rings is 2. The van der Waals surface area contributed by atoms with E-state index in [2.05, 4.69) is 39.9 Å². The number of urea groups is 1. The first-order valence-electron chi connectivity index (χ1n) is 11.1. The summed E-state index contributed by atoms with van der Waals surface area (Å²) in [5.74, 6) is 0. The molecule has 4 aromatic rings. The number of carbonyl (C=O) groups is 1. The number of amides is 2. The minimum Gasteiger partial charge on any atom is -0.336 e. The van der Waals surface area contributed by atoms with Crippen molar-refractivity contribution in [2.24, 2.45) is 0 Å². The largest absolute Gasteiger partial charge is 0.336 e. The molecule has 1 saturated heterocycles. The molecule has 33 heavy (non-hydrogen) atoms. The van der Waals surface area contributed by atoms with Crippen LogP contribution in [0.3, 0.4) is 0 Å². The summed E-state index contributed by atoms with van der Waals surface area (Å²) >= 11 is 0. The molecule has 2 amide bonds. The predicted octanol–water partition coefficient (Wildman–Crippen LogP) is 3.37. The standard InChI is InChI=1S/C26H25N5O2/c32-25-22-16-21(19-4-2-1-3-5-19)24(30-23(22)10-11-28-25)20-8-6-18(7-9-20)17-27-12-14-31-15-13-29-26(31)33/h1-11,16,27H,12-15,17H2,(H,28,32)(H,29,33). The third kappa shape index (κ3) is 4.49. The highest BCUT2D eigenvalue weighted by Gasteiger charge is 2.18. The van der Waals surface area contributed by atoms with Crippen molar-refractivity contribution in [3.8, 4) is 22.4 Å². The van der Waals surface area contributed by atoms with Gasteiger partial charge in [-0.2, -0.15) is 0 Å². The number of hydrogen-bond donors (Lipinski definition) is 3. The highest BCUT2D eigenvalue weighted by atomic mass is 16.2. The minimum atomic E-state index is -0.142. The number of H-pyrrole nitrogens is 1. The average molecular weight is 440 g/mol. The highest BCUT2D eigenvalue weighted by Crippen LogP contribution is 2.32. The van der Waals surface area contributed by atoms with Crippen LogP contribution in [0.1, 0.15) is 5.56 Å². The third-order valence-electron chi connectivity index (χ3n) is 5.90. The maximum Gasteiger partial charge on any atom is 0.317 e. The molecule has 1 aliphatic heterocycles. The smallest absolute Gasteiger partial charge is 0.317 e. The van der Waals surface area contributed by atoms with Gasteiger partial charge in [0.05, 0.1) is 16.6 Å². The van der Waals surface area contributed by atoms with Gasteiger partial charge in [0.2, 0.25) is 0 Å². The van der Waals surface area contributed by atoms with E-state index in [4.69, 9.17) is 4.98 Å². The van der Waals surface area contributed by atoms with Crippen LogP contribution in [-0.4, -0.2) is 47.1 Å². The van der Waals surface area contributed by atoms with Gasteiger partial charge in [0.15, 0.2) is 0 Å². The van der Waals surface area contributed by atoms with Gasteiger partial charge in [0.1, 0.15) is 0 Å². The van der Waals surface area contributed by atoms with E-state index in [1.807, 2.05) is 47.4 Å². The fourth-order valence-corrected chi connectivity index (χ4v) is 4.12. The number of benzene rings is 2. The van der Waals surface area contributed by atoms with Crippen molar-refractivity contribution in [3.63, 3.8) is 0 Å². The summed E-state index contributed by atoms with van der Waals surface area (Å²) in [4.78, 5) is 33.4. The Morgan fingerprint density at radius 2 is 1.79 bits per heavy atom. The fraction of sp³-hybridized carbons (Fsp3) is 0.192. The number of aromatic nitrogens is 2. The predicted molar refractivity (Wildman–Crippen MR) is 130 cm³/mol. The summed E-state index contributed by atoms with van der Waals surface area (Å²) in [6.07, 6.45) is 1.63. The lowest BCUT2D eigenvalue weighted by Crippen LogP contribution is -2.34. The Morgan fingerprint density at radius 3 is 2.55 bits per heavy atom. The Morgan fingerprint density at radius 1 is 0.970 bits per heavy atom. The van der Waals surface area contributed by atoms with Crippen LogP contribution in [0.25, 0.3) is 33.3 Å². The molecule has 1 aliphatic rings. The molecule has 0 aliphatic carbocycles. The van der Waals surface area contributed by atoms with Gasteiger partial charge >= 0.3 is 6.03 Å². The van der Waals surface area contributed by atoms with Crippen LogP contribution in [0, 0.1) is 0 Å². The van der Waals surface area contributed by atoms with E-state index < -0.39 is 0 Å². The molecule has 2 aromatic heterocycles. The molecule has 5 rings (SSSR count). The van der Waals surface area contributed by atoms with E-state index in [1.54, 1.807) is 6.20 Å². The maximum absolute atomic E-state index is 12.4. The normalized spacial score (nSPS) is 13.5. The summed E-state index contributed by atoms with van der Waals surface area (Å²) in [6, 6.07) is 22.1. The van der Waals surface area contributed by atoms with Gasteiger partial charge in [0, 0.05) is 50.0 Å². The lowest BCUT2D eigenvalue weighted by atomic mass is 9.97. The van der Waals surface area contributed by atoms with Gasteiger partial charge < -0.3 is 20.5 Å². The zero-order valence-corrected chi connectivity index (χ0v) is 18.2. The first-order valence-corrected chi connectivity index (χ1v) is 11.1. The van der Waals surface area contributed by atoms with Crippen LogP contribution in [0.5, 0.6) is 0 Å². The van der Waals surface area contributed by atoms with Gasteiger partial charge in [-0.3, -0.25) is 4.79 Å². The van der Waals surface area contributed by atoms with Crippen molar-refractivity contribution >= 4 is 16.9 Å². The van der Waals surface area contributed by atoms with Gasteiger partial charge in [-0.15, -0.1) is 0 Å². The van der Waals surface area contributed by atoms with Gasteiger partial charge in [-0.1, -0.05) is 54.6 Å². The van der Waals surface area contributed by atoms with Crippen molar-refractivity contribution in [2.75, 3.05) is 26.2 Å². The molecule has 0 saturated carbocycles. The van der Waals surface area contributed by atoms with Crippen LogP contribution in [-0.2, 0) is 6.54 Å². The molecular weight excluding hydrogens is 414 g/mol. The lowest BCUT2D eigenvalue weighted by Gasteiger charge is -2.14. The molecule has 0 atom stereocenters. The lowest BCUT2D eigenvalue weighted by molar-refractivity contribution is 0.217. The summed E-state index contributed by atoms with van der Waals surface area (Å²) in [5, 5.41) is 6.79. The molecule has 2 aromatic carbocycles. The molecule has 0 bridgehead atoms. The molecule has 1 fully saturated rings. The van der Waals surface area contributed by atoms with Crippen LogP contribution in [0.2, 0.25) is 0 Å². The number of carbonyl (C=O) groups excluding carboxylic acids is 1. The topological polar surface area (TPSA) is 90.1 Å². The number of hydrogen-bond acceptors (Lipinski definition) is 4. The number of nitrogens with one attached hydrogen (secondary N) is 3. The summed E-state index contributed by atoms with van der Waals surface area (Å²) in [7, 11) is 0. The number of rotatable bonds is 7. The Kier molecular flexibility index (Phi) is 5.87. The molecule has 7 heteroatoms. The van der Waals surface area contributed by atoms with Crippen LogP contribution < -0.4 is 16.2 Å². The molecule has 3 heterocycles. The Labute approximate surface area is 191 Å². The Bertz CT molecular complexity index is 1330. The van der Waals surface area contributed by atoms with Gasteiger partial charge in [-0.05, 0) is 23.3 Å². The summed E-state index contributed by atoms with van der Waals surface area (Å²) in [5.41, 5.74) is 5.47. The molecule has 7 nitrogen and oxygen atoms in total. The van der Waals surface area contributed by atoms with Crippen LogP contribution >= 0.6 is 0 Å². The second kappa shape index (κ2) is 9.26. The van der Waals surface area contributed by atoms with E-state index in [1.165, 1.54) is 0 Å². The van der Waals surface area contributed by atoms with E-state index in [0.29, 0.717) is 17.4 Å². The second-order valence-electron chi connectivity index (χ2n) is 8.08. The van der Waals surface area contributed by atoms with E-state index in [9.17, 15) is 9.59 Å². The Hall–Kier alpha value is -3.97. The number of fused-ring (bicyclic) bond motifs is 1. The first kappa shape index (κ1) is 20.9. The molecule has 0 radical (unpaired) electrons. The van der Waals surface area contributed by atoms with E-state index >= 15 is 0 Å². The van der Waals surface area contributed by atoms with Crippen LogP contribution in [0.15, 0.2) is 77.7 Å². The molecule has 3 N–H and O–H groups in total. The zero-order chi connectivity index (χ0) is 22.6. The third-order valence-corrected chi connectivity index (χ3v) is 5.90. The molecule has 166 valence electrons. The molecule has 0 spiro atoms. The first-order chi connectivity index (χ1) is 16.2. The van der Waals surface area contributed by atoms with Gasteiger partial charge in [0.25, 0.3) is 5.56 Å². The van der Waals surface area contributed by atoms with Crippen molar-refractivity contribution < 1.29 is 4.79 Å². The number of aromatic amines is 1. The second-order valence-corrected chi connectivity index (χ2v) is 8.08. The fourth-order valence-electron chi connectivity index (χ4n) is 4.12. The van der Waals surface area contributed by atoms with Crippen molar-refractivity contribution in [1.29, 1.82) is 0 Å². The van der Waals surface area contributed by atoms with E-state index in [-0.39, 0.29) is 11.6 Å². The summed E-state index contributed by atoms with van der Waals surface area (Å²) in [6.45, 7) is 3.66. The van der Waals surface area contributed by atoms with Crippen molar-refractivity contribution in [1.82, 2.24) is 25.5 Å². The van der Waals surface area contributed by atoms with Crippen molar-refractivity contribution in [3.05, 3.63) is 88.8 Å². The minimum absolute atomic E-state index is 0.0141. The number of nitrogens with zero attached hydrogens (tertiary/aromatic N) is 2. The van der Waals surface area contributed by atoms with E-state index in [0.717, 1.165) is 54.1 Å². The Balaban J connectivity index is 1.38. The van der Waals surface area contributed by atoms with Crippen LogP contribution in [0.4, 0.5) is 4.79 Å². The maximum atomic E-state index is 12.4.